The van der Waals surface area contributed by atoms with Gasteiger partial charge in [-0.3, -0.25) is 0 Å². The number of para-hydroxylation sites is 1. The number of anilines is 3. The molecule has 10 rings (SSSR count). The van der Waals surface area contributed by atoms with Crippen molar-refractivity contribution in [1.29, 1.82) is 0 Å². The minimum atomic E-state index is 1.08. The van der Waals surface area contributed by atoms with Crippen LogP contribution in [0.3, 0.4) is 0 Å². The van der Waals surface area contributed by atoms with Crippen LogP contribution in [0.25, 0.3) is 77.2 Å². The minimum Gasteiger partial charge on any atom is -0.310 e. The first-order chi connectivity index (χ1) is 30.1. The van der Waals surface area contributed by atoms with E-state index in [0.29, 0.717) is 0 Å². The second-order valence-electron chi connectivity index (χ2n) is 15.5. The number of allylic oxidation sites excluding steroid dienone is 5. The molecule has 10 aromatic rings. The molecule has 0 N–H and O–H groups in total. The third kappa shape index (κ3) is 7.15. The van der Waals surface area contributed by atoms with E-state index in [-0.39, 0.29) is 0 Å². The highest BCUT2D eigenvalue weighted by atomic mass is 15.1. The molecule has 1 heterocycles. The van der Waals surface area contributed by atoms with E-state index in [4.69, 9.17) is 0 Å². The Hall–Kier alpha value is -7.94. The minimum absolute atomic E-state index is 1.08. The molecule has 0 aliphatic heterocycles. The van der Waals surface area contributed by atoms with Crippen LogP contribution in [0.5, 0.6) is 0 Å². The Labute approximate surface area is 357 Å². The number of fused-ring (bicyclic) bond motifs is 5. The zero-order chi connectivity index (χ0) is 41.1. The number of hydrogen-bond acceptors (Lipinski definition) is 1. The van der Waals surface area contributed by atoms with Gasteiger partial charge in [-0.1, -0.05) is 183 Å². The first-order valence-corrected chi connectivity index (χ1v) is 20.9. The summed E-state index contributed by atoms with van der Waals surface area (Å²) < 4.78 is 2.44. The maximum atomic E-state index is 3.80. The highest BCUT2D eigenvalue weighted by Gasteiger charge is 2.20. The van der Waals surface area contributed by atoms with Crippen LogP contribution in [0.1, 0.15) is 12.5 Å². The SMILES string of the molecule is C=C/C=C\C=C(/C)c1cccc(-c2ccc(N(c3cccc(-c4ccccc4)c3)c3cccc(-c4cccc5c4c4ccc6ccccc6c4n5-c4ccccc4)c3)cc2)c1. The summed E-state index contributed by atoms with van der Waals surface area (Å²) >= 11 is 0. The van der Waals surface area contributed by atoms with Gasteiger partial charge in [0.2, 0.25) is 0 Å². The molecule has 1 aromatic heterocycles. The van der Waals surface area contributed by atoms with Gasteiger partial charge in [-0.25, -0.2) is 0 Å². The molecule has 0 saturated carbocycles. The summed E-state index contributed by atoms with van der Waals surface area (Å²) in [4.78, 5) is 2.38. The van der Waals surface area contributed by atoms with Gasteiger partial charge >= 0.3 is 0 Å². The second kappa shape index (κ2) is 16.4. The molecule has 0 bridgehead atoms. The van der Waals surface area contributed by atoms with Crippen LogP contribution in [0.15, 0.2) is 243 Å². The molecule has 0 saturated heterocycles. The molecule has 0 fully saturated rings. The lowest BCUT2D eigenvalue weighted by Gasteiger charge is -2.27. The van der Waals surface area contributed by atoms with E-state index in [2.05, 4.69) is 241 Å². The zero-order valence-corrected chi connectivity index (χ0v) is 34.1. The van der Waals surface area contributed by atoms with Crippen LogP contribution < -0.4 is 4.90 Å². The second-order valence-corrected chi connectivity index (χ2v) is 15.5. The topological polar surface area (TPSA) is 8.17 Å². The molecular formula is C59H44N2. The molecule has 2 nitrogen and oxygen atoms in total. The number of benzene rings is 9. The van der Waals surface area contributed by atoms with Crippen molar-refractivity contribution >= 4 is 55.2 Å². The van der Waals surface area contributed by atoms with Gasteiger partial charge in [0.05, 0.1) is 11.0 Å². The summed E-state index contributed by atoms with van der Waals surface area (Å²) in [5, 5.41) is 4.96. The first kappa shape index (κ1) is 37.3. The number of aromatic nitrogens is 1. The molecule has 290 valence electrons. The molecule has 61 heavy (non-hydrogen) atoms. The van der Waals surface area contributed by atoms with Gasteiger partial charge < -0.3 is 9.47 Å². The smallest absolute Gasteiger partial charge is 0.0619 e. The fraction of sp³-hybridized carbons (Fsp3) is 0.0169. The van der Waals surface area contributed by atoms with Crippen LogP contribution in [-0.2, 0) is 0 Å². The number of nitrogens with zero attached hydrogens (tertiary/aromatic N) is 2. The molecule has 0 aliphatic carbocycles. The molecular weight excluding hydrogens is 737 g/mol. The Morgan fingerprint density at radius 1 is 0.475 bits per heavy atom. The highest BCUT2D eigenvalue weighted by molar-refractivity contribution is 6.22. The van der Waals surface area contributed by atoms with E-state index in [9.17, 15) is 0 Å². The van der Waals surface area contributed by atoms with Crippen molar-refractivity contribution in [3.05, 3.63) is 249 Å². The highest BCUT2D eigenvalue weighted by Crippen LogP contribution is 2.44. The lowest BCUT2D eigenvalue weighted by Crippen LogP contribution is -2.10. The van der Waals surface area contributed by atoms with Crippen molar-refractivity contribution in [2.75, 3.05) is 4.90 Å². The summed E-state index contributed by atoms with van der Waals surface area (Å²) in [6.07, 6.45) is 7.91. The van der Waals surface area contributed by atoms with Crippen molar-refractivity contribution in [1.82, 2.24) is 4.57 Å². The summed E-state index contributed by atoms with van der Waals surface area (Å²) in [6, 6.07) is 77.1. The normalized spacial score (nSPS) is 11.8. The molecule has 0 amide bonds. The molecule has 0 radical (unpaired) electrons. The van der Waals surface area contributed by atoms with E-state index >= 15 is 0 Å². The summed E-state index contributed by atoms with van der Waals surface area (Å²) in [5.41, 5.74) is 16.3. The van der Waals surface area contributed by atoms with Crippen molar-refractivity contribution in [2.45, 2.75) is 6.92 Å². The largest absolute Gasteiger partial charge is 0.310 e. The van der Waals surface area contributed by atoms with Crippen LogP contribution in [0.4, 0.5) is 17.1 Å². The first-order valence-electron chi connectivity index (χ1n) is 20.9. The molecule has 0 atom stereocenters. The Bertz CT molecular complexity index is 3260. The van der Waals surface area contributed by atoms with Gasteiger partial charge in [-0.15, -0.1) is 0 Å². The summed E-state index contributed by atoms with van der Waals surface area (Å²) in [5.74, 6) is 0. The van der Waals surface area contributed by atoms with Crippen molar-refractivity contribution in [2.24, 2.45) is 0 Å². The zero-order valence-electron chi connectivity index (χ0n) is 34.1. The monoisotopic (exact) mass is 780 g/mol. The number of rotatable bonds is 10. The maximum absolute atomic E-state index is 3.80. The molecule has 0 unspecified atom stereocenters. The van der Waals surface area contributed by atoms with Gasteiger partial charge in [-0.05, 0) is 117 Å². The van der Waals surface area contributed by atoms with Gasteiger partial charge in [0.15, 0.2) is 0 Å². The van der Waals surface area contributed by atoms with Crippen LogP contribution >= 0.6 is 0 Å². The van der Waals surface area contributed by atoms with E-state index < -0.39 is 0 Å². The van der Waals surface area contributed by atoms with Gasteiger partial charge in [0.25, 0.3) is 0 Å². The predicted molar refractivity (Wildman–Crippen MR) is 262 cm³/mol. The average Bonchev–Trinajstić information content (AvgIpc) is 3.68. The fourth-order valence-corrected chi connectivity index (χ4v) is 8.75. The van der Waals surface area contributed by atoms with Gasteiger partial charge in [0.1, 0.15) is 0 Å². The number of hydrogen-bond donors (Lipinski definition) is 0. The Morgan fingerprint density at radius 3 is 1.87 bits per heavy atom. The van der Waals surface area contributed by atoms with Crippen molar-refractivity contribution < 1.29 is 0 Å². The Morgan fingerprint density at radius 2 is 1.10 bits per heavy atom. The summed E-state index contributed by atoms with van der Waals surface area (Å²) in [7, 11) is 0. The van der Waals surface area contributed by atoms with E-state index in [1.165, 1.54) is 71.5 Å². The maximum Gasteiger partial charge on any atom is 0.0619 e. The third-order valence-corrected chi connectivity index (χ3v) is 11.7. The van der Waals surface area contributed by atoms with Crippen LogP contribution in [0, 0.1) is 0 Å². The van der Waals surface area contributed by atoms with E-state index in [0.717, 1.165) is 28.3 Å². The quantitative estimate of drug-likeness (QED) is 0.126. The average molecular weight is 781 g/mol. The lowest BCUT2D eigenvalue weighted by atomic mass is 9.97. The van der Waals surface area contributed by atoms with Crippen molar-refractivity contribution in [3.8, 4) is 39.1 Å². The summed E-state index contributed by atoms with van der Waals surface area (Å²) in [6.45, 7) is 5.95. The Balaban J connectivity index is 1.12. The van der Waals surface area contributed by atoms with Crippen LogP contribution in [0.2, 0.25) is 0 Å². The molecule has 9 aromatic carbocycles. The van der Waals surface area contributed by atoms with Crippen molar-refractivity contribution in [3.63, 3.8) is 0 Å². The van der Waals surface area contributed by atoms with Gasteiger partial charge in [-0.2, -0.15) is 0 Å². The molecule has 0 aliphatic rings. The van der Waals surface area contributed by atoms with E-state index in [1.807, 2.05) is 12.2 Å². The molecule has 0 spiro atoms. The standard InChI is InChI=1S/C59H44N2/c1-3-4-7-18-42(2)46-22-14-23-47(39-46)44-33-36-51(37-34-44)60(52-28-15-24-48(40-52)43-19-8-5-9-20-43)53-29-16-25-49(41-53)54-31-17-32-57-58(54)56-38-35-45-21-12-13-30-55(45)59(56)61(57)50-26-10-6-11-27-50/h3-41H,1H2,2H3/b7-4-,42-18+. The predicted octanol–water partition coefficient (Wildman–Crippen LogP) is 16.6. The lowest BCUT2D eigenvalue weighted by molar-refractivity contribution is 1.19. The third-order valence-electron chi connectivity index (χ3n) is 11.7. The Kier molecular flexibility index (Phi) is 10.0. The molecule has 2 heteroatoms. The fourth-order valence-electron chi connectivity index (χ4n) is 8.75. The van der Waals surface area contributed by atoms with Crippen LogP contribution in [-0.4, -0.2) is 4.57 Å². The van der Waals surface area contributed by atoms with Gasteiger partial charge in [0, 0.05) is 38.9 Å². The van der Waals surface area contributed by atoms with E-state index in [1.54, 1.807) is 6.08 Å².